The van der Waals surface area contributed by atoms with E-state index in [1.54, 1.807) is 42.9 Å². The van der Waals surface area contributed by atoms with Crippen molar-refractivity contribution < 1.29 is 14.6 Å². The standard InChI is InChI=1S/C19H21N3O3/c23-16-3-1-13(2-4-16)18(24)12-22-10-14-7-17(8-15(14)11-22)25-19-9-20-5-6-21-19/h1-6,9,14-15,17,23H,7-8,10-12H2/t14-,15+,17?. The van der Waals surface area contributed by atoms with Crippen molar-refractivity contribution in [2.75, 3.05) is 19.6 Å². The maximum atomic E-state index is 12.4. The van der Waals surface area contributed by atoms with Crippen LogP contribution in [0.25, 0.3) is 0 Å². The minimum absolute atomic E-state index is 0.104. The molecule has 2 aliphatic rings. The van der Waals surface area contributed by atoms with Crippen molar-refractivity contribution in [3.8, 4) is 11.6 Å². The molecular formula is C19H21N3O3. The molecule has 1 N–H and O–H groups in total. The van der Waals surface area contributed by atoms with Crippen molar-refractivity contribution in [2.24, 2.45) is 11.8 Å². The lowest BCUT2D eigenvalue weighted by molar-refractivity contribution is 0.0936. The number of Topliss-reactive ketones (excluding diaryl/α,β-unsaturated/α-hetero) is 1. The summed E-state index contributed by atoms with van der Waals surface area (Å²) in [5.41, 5.74) is 0.652. The lowest BCUT2D eigenvalue weighted by atomic mass is 10.0. The Labute approximate surface area is 146 Å². The van der Waals surface area contributed by atoms with Gasteiger partial charge in [0.15, 0.2) is 5.78 Å². The molecule has 130 valence electrons. The number of nitrogens with zero attached hydrogens (tertiary/aromatic N) is 3. The van der Waals surface area contributed by atoms with Crippen LogP contribution in [0.5, 0.6) is 11.6 Å². The Morgan fingerprint density at radius 1 is 1.16 bits per heavy atom. The second-order valence-electron chi connectivity index (χ2n) is 6.94. The van der Waals surface area contributed by atoms with Gasteiger partial charge in [-0.1, -0.05) is 0 Å². The van der Waals surface area contributed by atoms with E-state index in [2.05, 4.69) is 14.9 Å². The molecule has 1 saturated heterocycles. The van der Waals surface area contributed by atoms with Crippen LogP contribution < -0.4 is 4.74 Å². The van der Waals surface area contributed by atoms with Gasteiger partial charge in [0.2, 0.25) is 5.88 Å². The summed E-state index contributed by atoms with van der Waals surface area (Å²) in [7, 11) is 0. The zero-order valence-electron chi connectivity index (χ0n) is 13.9. The van der Waals surface area contributed by atoms with Crippen LogP contribution in [-0.4, -0.2) is 51.5 Å². The van der Waals surface area contributed by atoms with Gasteiger partial charge in [-0.15, -0.1) is 0 Å². The van der Waals surface area contributed by atoms with Crippen LogP contribution in [0.3, 0.4) is 0 Å². The molecule has 2 heterocycles. The minimum Gasteiger partial charge on any atom is -0.508 e. The molecule has 1 aliphatic carbocycles. The van der Waals surface area contributed by atoms with E-state index in [-0.39, 0.29) is 17.6 Å². The van der Waals surface area contributed by atoms with Crippen LogP contribution in [0.15, 0.2) is 42.9 Å². The number of ether oxygens (including phenoxy) is 1. The number of rotatable bonds is 5. The molecule has 3 atom stereocenters. The fourth-order valence-corrected chi connectivity index (χ4v) is 4.03. The highest BCUT2D eigenvalue weighted by Gasteiger charge is 2.42. The van der Waals surface area contributed by atoms with Gasteiger partial charge in [0.05, 0.1) is 12.7 Å². The molecule has 25 heavy (non-hydrogen) atoms. The molecule has 4 rings (SSSR count). The number of phenolic OH excluding ortho intramolecular Hbond substituents is 1. The predicted octanol–water partition coefficient (Wildman–Crippen LogP) is 2.15. The lowest BCUT2D eigenvalue weighted by Gasteiger charge is -2.18. The molecule has 0 radical (unpaired) electrons. The molecule has 1 aliphatic heterocycles. The quantitative estimate of drug-likeness (QED) is 0.841. The number of carbonyl (C=O) groups is 1. The first-order valence-electron chi connectivity index (χ1n) is 8.64. The fraction of sp³-hybridized carbons (Fsp3) is 0.421. The average molecular weight is 339 g/mol. The van der Waals surface area contributed by atoms with Gasteiger partial charge in [-0.3, -0.25) is 14.7 Å². The van der Waals surface area contributed by atoms with Crippen LogP contribution in [0.1, 0.15) is 23.2 Å². The highest BCUT2D eigenvalue weighted by molar-refractivity contribution is 5.97. The Kier molecular flexibility index (Phi) is 4.36. The van der Waals surface area contributed by atoms with Crippen LogP contribution in [-0.2, 0) is 0 Å². The highest BCUT2D eigenvalue weighted by atomic mass is 16.5. The monoisotopic (exact) mass is 339 g/mol. The van der Waals surface area contributed by atoms with Crippen molar-refractivity contribution in [1.29, 1.82) is 0 Å². The topological polar surface area (TPSA) is 75.6 Å². The Morgan fingerprint density at radius 3 is 2.52 bits per heavy atom. The van der Waals surface area contributed by atoms with Crippen molar-refractivity contribution in [1.82, 2.24) is 14.9 Å². The van der Waals surface area contributed by atoms with E-state index >= 15 is 0 Å². The number of hydrogen-bond donors (Lipinski definition) is 1. The number of benzene rings is 1. The number of carbonyl (C=O) groups excluding carboxylic acids is 1. The normalized spacial score (nSPS) is 25.7. The van der Waals surface area contributed by atoms with E-state index in [0.29, 0.717) is 29.8 Å². The van der Waals surface area contributed by atoms with E-state index in [4.69, 9.17) is 4.74 Å². The van der Waals surface area contributed by atoms with Gasteiger partial charge in [0.25, 0.3) is 0 Å². The highest BCUT2D eigenvalue weighted by Crippen LogP contribution is 2.39. The third-order valence-corrected chi connectivity index (χ3v) is 5.17. The lowest BCUT2D eigenvalue weighted by Crippen LogP contribution is -2.30. The van der Waals surface area contributed by atoms with E-state index in [1.165, 1.54) is 0 Å². The van der Waals surface area contributed by atoms with E-state index in [9.17, 15) is 9.90 Å². The number of ketones is 1. The summed E-state index contributed by atoms with van der Waals surface area (Å²) in [5.74, 6) is 2.03. The summed E-state index contributed by atoms with van der Waals surface area (Å²) in [4.78, 5) is 22.8. The molecule has 0 amide bonds. The number of fused-ring (bicyclic) bond motifs is 1. The van der Waals surface area contributed by atoms with Crippen LogP contribution >= 0.6 is 0 Å². The molecule has 0 bridgehead atoms. The van der Waals surface area contributed by atoms with Crippen LogP contribution in [0.2, 0.25) is 0 Å². The summed E-state index contributed by atoms with van der Waals surface area (Å²) in [6, 6.07) is 6.47. The molecule has 2 aromatic rings. The van der Waals surface area contributed by atoms with Crippen LogP contribution in [0, 0.1) is 11.8 Å². The predicted molar refractivity (Wildman–Crippen MR) is 91.5 cm³/mol. The average Bonchev–Trinajstić information content (AvgIpc) is 3.14. The molecule has 1 unspecified atom stereocenters. The Morgan fingerprint density at radius 2 is 1.88 bits per heavy atom. The van der Waals surface area contributed by atoms with Gasteiger partial charge < -0.3 is 9.84 Å². The SMILES string of the molecule is O=C(CN1C[C@H]2CC(Oc3cnccn3)C[C@H]2C1)c1ccc(O)cc1. The second-order valence-corrected chi connectivity index (χ2v) is 6.94. The summed E-state index contributed by atoms with van der Waals surface area (Å²) in [6.45, 7) is 2.32. The molecule has 1 saturated carbocycles. The number of likely N-dealkylation sites (tertiary alicyclic amines) is 1. The van der Waals surface area contributed by atoms with E-state index < -0.39 is 0 Å². The number of aromatic hydroxyl groups is 1. The summed E-state index contributed by atoms with van der Waals surface area (Å²) < 4.78 is 5.93. The van der Waals surface area contributed by atoms with Gasteiger partial charge >= 0.3 is 0 Å². The first-order valence-corrected chi connectivity index (χ1v) is 8.64. The second kappa shape index (κ2) is 6.80. The van der Waals surface area contributed by atoms with Gasteiger partial charge in [0.1, 0.15) is 11.9 Å². The minimum atomic E-state index is 0.104. The third-order valence-electron chi connectivity index (χ3n) is 5.17. The van der Waals surface area contributed by atoms with Gasteiger partial charge in [-0.25, -0.2) is 4.98 Å². The molecule has 6 heteroatoms. The van der Waals surface area contributed by atoms with E-state index in [0.717, 1.165) is 25.9 Å². The molecule has 2 fully saturated rings. The van der Waals surface area contributed by atoms with Gasteiger partial charge in [-0.2, -0.15) is 0 Å². The summed E-state index contributed by atoms with van der Waals surface area (Å²) in [6.07, 6.45) is 7.13. The van der Waals surface area contributed by atoms with Crippen molar-refractivity contribution in [3.63, 3.8) is 0 Å². The first-order chi connectivity index (χ1) is 12.2. The summed E-state index contributed by atoms with van der Waals surface area (Å²) in [5, 5.41) is 9.32. The number of aromatic nitrogens is 2. The number of hydrogen-bond acceptors (Lipinski definition) is 6. The molecule has 1 aromatic carbocycles. The maximum absolute atomic E-state index is 12.4. The summed E-state index contributed by atoms with van der Waals surface area (Å²) >= 11 is 0. The zero-order valence-corrected chi connectivity index (χ0v) is 13.9. The molecule has 1 aromatic heterocycles. The zero-order chi connectivity index (χ0) is 17.2. The van der Waals surface area contributed by atoms with Crippen molar-refractivity contribution >= 4 is 5.78 Å². The Hall–Kier alpha value is -2.47. The number of phenols is 1. The van der Waals surface area contributed by atoms with Gasteiger partial charge in [-0.05, 0) is 48.9 Å². The smallest absolute Gasteiger partial charge is 0.232 e. The van der Waals surface area contributed by atoms with Crippen molar-refractivity contribution in [3.05, 3.63) is 48.4 Å². The Balaban J connectivity index is 1.29. The van der Waals surface area contributed by atoms with Crippen molar-refractivity contribution in [2.45, 2.75) is 18.9 Å². The molecule has 0 spiro atoms. The third kappa shape index (κ3) is 3.64. The largest absolute Gasteiger partial charge is 0.508 e. The maximum Gasteiger partial charge on any atom is 0.232 e. The Bertz CT molecular complexity index is 721. The first kappa shape index (κ1) is 16.0. The molecular weight excluding hydrogens is 318 g/mol. The van der Waals surface area contributed by atoms with E-state index in [1.807, 2.05) is 0 Å². The van der Waals surface area contributed by atoms with Gasteiger partial charge in [0, 0.05) is 31.0 Å². The fourth-order valence-electron chi connectivity index (χ4n) is 4.03. The molecule has 6 nitrogen and oxygen atoms in total. The van der Waals surface area contributed by atoms with Crippen LogP contribution in [0.4, 0.5) is 0 Å².